The molecule has 1 aliphatic heterocycles. The Kier molecular flexibility index (Phi) is 3.92. The number of hydrazone groups is 1. The Labute approximate surface area is 107 Å². The number of amidine groups is 1. The van der Waals surface area contributed by atoms with Crippen LogP contribution in [0, 0.1) is 0 Å². The van der Waals surface area contributed by atoms with E-state index < -0.39 is 0 Å². The molecule has 0 amide bonds. The number of nitrogens with zero attached hydrogens (tertiary/aromatic N) is 1. The molecule has 0 radical (unpaired) electrons. The fourth-order valence-electron chi connectivity index (χ4n) is 2.04. The van der Waals surface area contributed by atoms with Crippen molar-refractivity contribution in [3.05, 3.63) is 23.8 Å². The Morgan fingerprint density at radius 3 is 2.44 bits per heavy atom. The Bertz CT molecular complexity index is 424. The van der Waals surface area contributed by atoms with E-state index in [0.717, 1.165) is 30.8 Å². The molecule has 0 saturated heterocycles. The quantitative estimate of drug-likeness (QED) is 0.824. The van der Waals surface area contributed by atoms with Gasteiger partial charge in [-0.15, -0.1) is 0 Å². The number of hydrogen-bond donors (Lipinski definition) is 2. The molecule has 0 aromatic heterocycles. The maximum atomic E-state index is 5.63. The van der Waals surface area contributed by atoms with Crippen molar-refractivity contribution in [1.29, 1.82) is 0 Å². The molecule has 0 aliphatic carbocycles. The van der Waals surface area contributed by atoms with E-state index in [1.54, 1.807) is 14.2 Å². The number of rotatable bonds is 5. The number of nitrogens with two attached hydrogens (primary N) is 1. The zero-order chi connectivity index (χ0) is 13.0. The van der Waals surface area contributed by atoms with E-state index in [-0.39, 0.29) is 0 Å². The predicted octanol–water partition coefficient (Wildman–Crippen LogP) is 1.27. The molecule has 1 aliphatic rings. The Morgan fingerprint density at radius 2 is 1.94 bits per heavy atom. The van der Waals surface area contributed by atoms with Crippen LogP contribution in [-0.4, -0.2) is 26.1 Å². The molecule has 0 saturated carbocycles. The molecular formula is C13H19N3O2. The molecular weight excluding hydrogens is 230 g/mol. The van der Waals surface area contributed by atoms with Crippen molar-refractivity contribution in [2.75, 3.05) is 14.2 Å². The predicted molar refractivity (Wildman–Crippen MR) is 71.0 cm³/mol. The SMILES string of the molecule is COc1cc(CCC2CC(N)=NN2)cc(OC)c1. The molecule has 18 heavy (non-hydrogen) atoms. The van der Waals surface area contributed by atoms with Gasteiger partial charge in [-0.25, -0.2) is 0 Å². The minimum absolute atomic E-state index is 0.335. The number of hydrogen-bond acceptors (Lipinski definition) is 5. The molecule has 3 N–H and O–H groups in total. The molecule has 0 spiro atoms. The summed E-state index contributed by atoms with van der Waals surface area (Å²) < 4.78 is 10.5. The largest absolute Gasteiger partial charge is 0.497 e. The summed E-state index contributed by atoms with van der Waals surface area (Å²) in [6, 6.07) is 6.27. The van der Waals surface area contributed by atoms with Gasteiger partial charge in [0.25, 0.3) is 0 Å². The van der Waals surface area contributed by atoms with Crippen LogP contribution in [0.4, 0.5) is 0 Å². The van der Waals surface area contributed by atoms with Crippen molar-refractivity contribution >= 4 is 5.84 Å². The molecule has 1 aromatic carbocycles. The van der Waals surface area contributed by atoms with Crippen molar-refractivity contribution in [3.8, 4) is 11.5 Å². The second kappa shape index (κ2) is 5.62. The highest BCUT2D eigenvalue weighted by Crippen LogP contribution is 2.24. The van der Waals surface area contributed by atoms with E-state index in [4.69, 9.17) is 15.2 Å². The standard InChI is InChI=1S/C13H19N3O2/c1-17-11-5-9(6-12(8-11)18-2)3-4-10-7-13(14)16-15-10/h5-6,8,10,15H,3-4,7H2,1-2H3,(H2,14,16). The number of ether oxygens (including phenoxy) is 2. The molecule has 2 rings (SSSR count). The smallest absolute Gasteiger partial charge is 0.122 e. The lowest BCUT2D eigenvalue weighted by Crippen LogP contribution is -2.21. The van der Waals surface area contributed by atoms with Gasteiger partial charge in [0.1, 0.15) is 17.3 Å². The van der Waals surface area contributed by atoms with Crippen LogP contribution >= 0.6 is 0 Å². The van der Waals surface area contributed by atoms with Crippen LogP contribution in [0.15, 0.2) is 23.3 Å². The summed E-state index contributed by atoms with van der Waals surface area (Å²) in [5.41, 5.74) is 9.86. The third-order valence-corrected chi connectivity index (χ3v) is 3.04. The number of aryl methyl sites for hydroxylation is 1. The average Bonchev–Trinajstić information content (AvgIpc) is 2.81. The third-order valence-electron chi connectivity index (χ3n) is 3.04. The van der Waals surface area contributed by atoms with E-state index in [1.165, 1.54) is 5.56 Å². The molecule has 1 unspecified atom stereocenters. The zero-order valence-corrected chi connectivity index (χ0v) is 10.8. The summed E-state index contributed by atoms with van der Waals surface area (Å²) >= 11 is 0. The summed E-state index contributed by atoms with van der Waals surface area (Å²) in [7, 11) is 3.32. The van der Waals surface area contributed by atoms with Crippen LogP contribution in [0.3, 0.4) is 0 Å². The number of nitrogens with one attached hydrogen (secondary N) is 1. The van der Waals surface area contributed by atoms with Crippen molar-refractivity contribution in [2.24, 2.45) is 10.8 Å². The van der Waals surface area contributed by atoms with Crippen molar-refractivity contribution in [3.63, 3.8) is 0 Å². The first kappa shape index (κ1) is 12.5. The van der Waals surface area contributed by atoms with E-state index in [2.05, 4.69) is 10.5 Å². The average molecular weight is 249 g/mol. The normalized spacial score (nSPS) is 18.1. The van der Waals surface area contributed by atoms with Gasteiger partial charge in [0.15, 0.2) is 0 Å². The molecule has 1 heterocycles. The van der Waals surface area contributed by atoms with Gasteiger partial charge in [0.05, 0.1) is 20.3 Å². The summed E-state index contributed by atoms with van der Waals surface area (Å²) in [6.07, 6.45) is 2.75. The van der Waals surface area contributed by atoms with Gasteiger partial charge in [-0.05, 0) is 30.5 Å². The Balaban J connectivity index is 1.96. The summed E-state index contributed by atoms with van der Waals surface area (Å²) in [5.74, 6) is 2.32. The second-order valence-electron chi connectivity index (χ2n) is 4.39. The number of methoxy groups -OCH3 is 2. The molecule has 5 nitrogen and oxygen atoms in total. The molecule has 0 bridgehead atoms. The first-order chi connectivity index (χ1) is 8.71. The van der Waals surface area contributed by atoms with Crippen LogP contribution in [0.2, 0.25) is 0 Å². The molecule has 5 heteroatoms. The van der Waals surface area contributed by atoms with Crippen LogP contribution in [0.5, 0.6) is 11.5 Å². The lowest BCUT2D eigenvalue weighted by Gasteiger charge is -2.11. The minimum atomic E-state index is 0.335. The summed E-state index contributed by atoms with van der Waals surface area (Å²) in [6.45, 7) is 0. The van der Waals surface area contributed by atoms with Crippen LogP contribution in [-0.2, 0) is 6.42 Å². The third kappa shape index (κ3) is 3.06. The lowest BCUT2D eigenvalue weighted by atomic mass is 10.0. The van der Waals surface area contributed by atoms with Gasteiger partial charge in [0, 0.05) is 12.5 Å². The van der Waals surface area contributed by atoms with Gasteiger partial charge in [0.2, 0.25) is 0 Å². The van der Waals surface area contributed by atoms with Crippen molar-refractivity contribution < 1.29 is 9.47 Å². The van der Waals surface area contributed by atoms with Gasteiger partial charge in [-0.1, -0.05) is 0 Å². The highest BCUT2D eigenvalue weighted by Gasteiger charge is 2.15. The highest BCUT2D eigenvalue weighted by atomic mass is 16.5. The van der Waals surface area contributed by atoms with Crippen molar-refractivity contribution in [1.82, 2.24) is 5.43 Å². The zero-order valence-electron chi connectivity index (χ0n) is 10.8. The van der Waals surface area contributed by atoms with Crippen LogP contribution in [0.1, 0.15) is 18.4 Å². The topological polar surface area (TPSA) is 68.9 Å². The van der Waals surface area contributed by atoms with Gasteiger partial charge < -0.3 is 20.6 Å². The summed E-state index contributed by atoms with van der Waals surface area (Å²) in [4.78, 5) is 0. The Morgan fingerprint density at radius 1 is 1.28 bits per heavy atom. The van der Waals surface area contributed by atoms with Gasteiger partial charge in [-0.3, -0.25) is 0 Å². The maximum absolute atomic E-state index is 5.63. The van der Waals surface area contributed by atoms with E-state index in [9.17, 15) is 0 Å². The molecule has 0 fully saturated rings. The van der Waals surface area contributed by atoms with E-state index >= 15 is 0 Å². The highest BCUT2D eigenvalue weighted by molar-refractivity contribution is 5.81. The van der Waals surface area contributed by atoms with Gasteiger partial charge in [-0.2, -0.15) is 5.10 Å². The molecule has 98 valence electrons. The fourth-order valence-corrected chi connectivity index (χ4v) is 2.04. The van der Waals surface area contributed by atoms with Crippen LogP contribution < -0.4 is 20.6 Å². The second-order valence-corrected chi connectivity index (χ2v) is 4.39. The number of benzene rings is 1. The van der Waals surface area contributed by atoms with Crippen LogP contribution in [0.25, 0.3) is 0 Å². The van der Waals surface area contributed by atoms with Crippen molar-refractivity contribution in [2.45, 2.75) is 25.3 Å². The summed E-state index contributed by atoms with van der Waals surface area (Å²) in [5, 5.41) is 3.99. The monoisotopic (exact) mass is 249 g/mol. The van der Waals surface area contributed by atoms with E-state index in [1.807, 2.05) is 18.2 Å². The van der Waals surface area contributed by atoms with Gasteiger partial charge >= 0.3 is 0 Å². The first-order valence-corrected chi connectivity index (χ1v) is 6.00. The first-order valence-electron chi connectivity index (χ1n) is 6.00. The molecule has 1 aromatic rings. The maximum Gasteiger partial charge on any atom is 0.122 e. The molecule has 1 atom stereocenters. The minimum Gasteiger partial charge on any atom is -0.497 e. The fraction of sp³-hybridized carbons (Fsp3) is 0.462. The Hall–Kier alpha value is -1.91. The van der Waals surface area contributed by atoms with E-state index in [0.29, 0.717) is 11.9 Å². The lowest BCUT2D eigenvalue weighted by molar-refractivity contribution is 0.393.